The van der Waals surface area contributed by atoms with E-state index in [9.17, 15) is 10.1 Å². The largest absolute Gasteiger partial charge is 0.467 e. The van der Waals surface area contributed by atoms with Gasteiger partial charge in [-0.3, -0.25) is 4.90 Å². The normalized spacial score (nSPS) is 14.1. The Bertz CT molecular complexity index is 1350. The molecule has 0 unspecified atom stereocenters. The number of nitrogens with zero attached hydrogens (tertiary/aromatic N) is 3. The van der Waals surface area contributed by atoms with E-state index < -0.39 is 0 Å². The van der Waals surface area contributed by atoms with E-state index in [2.05, 4.69) is 22.4 Å². The van der Waals surface area contributed by atoms with Crippen LogP contribution >= 0.6 is 0 Å². The number of furan rings is 1. The summed E-state index contributed by atoms with van der Waals surface area (Å²) in [5.41, 5.74) is 4.66. The minimum atomic E-state index is -0.125. The molecule has 1 N–H and O–H groups in total. The molecular weight excluding hydrogens is 460 g/mol. The molecule has 0 spiro atoms. The maximum Gasteiger partial charge on any atom is 0.322 e. The molecule has 6 heteroatoms. The van der Waals surface area contributed by atoms with Crippen molar-refractivity contribution in [1.29, 1.82) is 5.26 Å². The third-order valence-corrected chi connectivity index (χ3v) is 6.88. The lowest BCUT2D eigenvalue weighted by molar-refractivity contribution is 0.115. The number of carbonyl (C=O) groups is 1. The van der Waals surface area contributed by atoms with Gasteiger partial charge in [0.05, 0.1) is 30.1 Å². The number of hydrogen-bond donors (Lipinski definition) is 1. The fourth-order valence-electron chi connectivity index (χ4n) is 4.97. The van der Waals surface area contributed by atoms with Crippen LogP contribution in [0.25, 0.3) is 11.1 Å². The first-order valence-electron chi connectivity index (χ1n) is 12.7. The van der Waals surface area contributed by atoms with Gasteiger partial charge >= 0.3 is 6.03 Å². The van der Waals surface area contributed by atoms with Crippen LogP contribution < -0.4 is 5.32 Å². The van der Waals surface area contributed by atoms with Crippen LogP contribution in [0.15, 0.2) is 102 Å². The summed E-state index contributed by atoms with van der Waals surface area (Å²) in [4.78, 5) is 18.0. The number of likely N-dealkylation sites (tertiary alicyclic amines) is 1. The first-order chi connectivity index (χ1) is 18.2. The summed E-state index contributed by atoms with van der Waals surface area (Å²) in [6.07, 6.45) is 3.38. The lowest BCUT2D eigenvalue weighted by Gasteiger charge is -2.38. The highest BCUT2D eigenvalue weighted by Gasteiger charge is 2.29. The lowest BCUT2D eigenvalue weighted by atomic mass is 10.0. The quantitative estimate of drug-likeness (QED) is 0.320. The summed E-state index contributed by atoms with van der Waals surface area (Å²) < 4.78 is 5.61. The molecule has 186 valence electrons. The highest BCUT2D eigenvalue weighted by atomic mass is 16.3. The number of hydrogen-bond acceptors (Lipinski definition) is 4. The fourth-order valence-corrected chi connectivity index (χ4v) is 4.97. The molecule has 0 aliphatic carbocycles. The first-order valence-corrected chi connectivity index (χ1v) is 12.7. The average molecular weight is 491 g/mol. The number of nitrogens with one attached hydrogen (secondary N) is 1. The molecule has 1 aliphatic heterocycles. The smallest absolute Gasteiger partial charge is 0.322 e. The number of urea groups is 1. The molecule has 2 heterocycles. The highest BCUT2D eigenvalue weighted by Crippen LogP contribution is 2.29. The van der Waals surface area contributed by atoms with E-state index in [4.69, 9.17) is 4.42 Å². The molecule has 37 heavy (non-hydrogen) atoms. The number of rotatable bonds is 7. The number of carbonyl (C=O) groups excluding carboxylic acids is 1. The van der Waals surface area contributed by atoms with Gasteiger partial charge in [0.15, 0.2) is 0 Å². The summed E-state index contributed by atoms with van der Waals surface area (Å²) in [7, 11) is 0. The van der Waals surface area contributed by atoms with Crippen molar-refractivity contribution in [3.63, 3.8) is 0 Å². The van der Waals surface area contributed by atoms with Crippen LogP contribution in [0.3, 0.4) is 0 Å². The molecule has 1 fully saturated rings. The van der Waals surface area contributed by atoms with Gasteiger partial charge in [-0.2, -0.15) is 5.26 Å². The van der Waals surface area contributed by atoms with E-state index in [1.165, 1.54) is 0 Å². The van der Waals surface area contributed by atoms with Crippen molar-refractivity contribution in [2.75, 3.05) is 18.4 Å². The summed E-state index contributed by atoms with van der Waals surface area (Å²) >= 11 is 0. The highest BCUT2D eigenvalue weighted by molar-refractivity contribution is 5.94. The zero-order valence-corrected chi connectivity index (χ0v) is 20.7. The summed E-state index contributed by atoms with van der Waals surface area (Å²) in [5, 5.41) is 12.4. The van der Waals surface area contributed by atoms with Gasteiger partial charge < -0.3 is 14.6 Å². The van der Waals surface area contributed by atoms with Gasteiger partial charge in [-0.25, -0.2) is 4.79 Å². The molecule has 5 rings (SSSR count). The van der Waals surface area contributed by atoms with Crippen molar-refractivity contribution in [1.82, 2.24) is 9.80 Å². The molecule has 0 radical (unpaired) electrons. The lowest BCUT2D eigenvalue weighted by Crippen LogP contribution is -2.48. The predicted octanol–water partition coefficient (Wildman–Crippen LogP) is 6.52. The van der Waals surface area contributed by atoms with E-state index in [1.807, 2.05) is 89.8 Å². The molecule has 2 amide bonds. The monoisotopic (exact) mass is 490 g/mol. The molecule has 0 atom stereocenters. The molecule has 3 aromatic carbocycles. The van der Waals surface area contributed by atoms with Crippen LogP contribution in [0.2, 0.25) is 0 Å². The Labute approximate surface area is 217 Å². The van der Waals surface area contributed by atoms with E-state index in [-0.39, 0.29) is 12.1 Å². The van der Waals surface area contributed by atoms with E-state index in [0.29, 0.717) is 12.1 Å². The Kier molecular flexibility index (Phi) is 7.63. The molecule has 1 aromatic heterocycles. The minimum absolute atomic E-state index is 0.0932. The Balaban J connectivity index is 1.29. The zero-order chi connectivity index (χ0) is 25.5. The van der Waals surface area contributed by atoms with Gasteiger partial charge in [0.1, 0.15) is 5.76 Å². The van der Waals surface area contributed by atoms with E-state index in [1.54, 1.807) is 6.26 Å². The summed E-state index contributed by atoms with van der Waals surface area (Å²) in [5.74, 6) is 0.766. The minimum Gasteiger partial charge on any atom is -0.467 e. The Hall–Kier alpha value is -4.34. The number of piperidine rings is 1. The molecule has 0 saturated carbocycles. The second-order valence-corrected chi connectivity index (χ2v) is 9.37. The molecule has 0 bridgehead atoms. The maximum absolute atomic E-state index is 13.7. The van der Waals surface area contributed by atoms with Crippen LogP contribution in [0.5, 0.6) is 0 Å². The topological polar surface area (TPSA) is 72.5 Å². The van der Waals surface area contributed by atoms with Crippen molar-refractivity contribution in [3.8, 4) is 17.2 Å². The number of anilines is 1. The van der Waals surface area contributed by atoms with Crippen molar-refractivity contribution in [2.45, 2.75) is 32.0 Å². The molecule has 1 aliphatic rings. The van der Waals surface area contributed by atoms with Crippen LogP contribution in [-0.4, -0.2) is 35.0 Å². The van der Waals surface area contributed by atoms with Crippen molar-refractivity contribution < 1.29 is 9.21 Å². The molecule has 4 aromatic rings. The fraction of sp³-hybridized carbons (Fsp3) is 0.226. The number of para-hydroxylation sites is 1. The standard InChI is InChI=1S/C31H30N4O2/c32-21-24-8-6-9-25(20-24)22-34-17-15-27(16-18-34)35(23-28-12-7-19-37-28)31(36)33-30-14-5-4-13-29(30)26-10-2-1-3-11-26/h1-14,19-20,27H,15-18,22-23H2,(H,33,36). The predicted molar refractivity (Wildman–Crippen MR) is 145 cm³/mol. The number of nitriles is 1. The van der Waals surface area contributed by atoms with Crippen LogP contribution in [0, 0.1) is 11.3 Å². The average Bonchev–Trinajstić information content (AvgIpc) is 3.47. The molecule has 1 saturated heterocycles. The van der Waals surface area contributed by atoms with Crippen molar-refractivity contribution in [2.24, 2.45) is 0 Å². The van der Waals surface area contributed by atoms with Gasteiger partial charge in [0.25, 0.3) is 0 Å². The number of benzene rings is 3. The maximum atomic E-state index is 13.7. The molecule has 6 nitrogen and oxygen atoms in total. The summed E-state index contributed by atoms with van der Waals surface area (Å²) in [6.45, 7) is 2.98. The van der Waals surface area contributed by atoms with Gasteiger partial charge in [-0.15, -0.1) is 0 Å². The van der Waals surface area contributed by atoms with Gasteiger partial charge in [0, 0.05) is 31.2 Å². The van der Waals surface area contributed by atoms with Crippen molar-refractivity contribution >= 4 is 11.7 Å². The van der Waals surface area contributed by atoms with Crippen LogP contribution in [0.1, 0.15) is 29.7 Å². The van der Waals surface area contributed by atoms with Gasteiger partial charge in [-0.05, 0) is 54.3 Å². The van der Waals surface area contributed by atoms with Crippen LogP contribution in [0.4, 0.5) is 10.5 Å². The Morgan fingerprint density at radius 1 is 0.973 bits per heavy atom. The first kappa shape index (κ1) is 24.4. The van der Waals surface area contributed by atoms with E-state index >= 15 is 0 Å². The van der Waals surface area contributed by atoms with Gasteiger partial charge in [0.2, 0.25) is 0 Å². The Morgan fingerprint density at radius 3 is 2.51 bits per heavy atom. The van der Waals surface area contributed by atoms with Crippen LogP contribution in [-0.2, 0) is 13.1 Å². The van der Waals surface area contributed by atoms with Gasteiger partial charge in [-0.1, -0.05) is 60.7 Å². The second kappa shape index (κ2) is 11.6. The molecular formula is C31H30N4O2. The number of amides is 2. The van der Waals surface area contributed by atoms with E-state index in [0.717, 1.165) is 60.6 Å². The summed E-state index contributed by atoms with van der Waals surface area (Å²) in [6, 6.07) is 31.7. The SMILES string of the molecule is N#Cc1cccc(CN2CCC(N(Cc3ccco3)C(=O)Nc3ccccc3-c3ccccc3)CC2)c1. The Morgan fingerprint density at radius 2 is 1.76 bits per heavy atom. The van der Waals surface area contributed by atoms with Crippen molar-refractivity contribution in [3.05, 3.63) is 114 Å². The zero-order valence-electron chi connectivity index (χ0n) is 20.7. The third-order valence-electron chi connectivity index (χ3n) is 6.88. The second-order valence-electron chi connectivity index (χ2n) is 9.37. The third kappa shape index (κ3) is 6.08.